The molecule has 0 amide bonds. The van der Waals surface area contributed by atoms with Crippen LogP contribution in [0.3, 0.4) is 0 Å². The van der Waals surface area contributed by atoms with Crippen LogP contribution >= 0.6 is 0 Å². The van der Waals surface area contributed by atoms with E-state index in [2.05, 4.69) is 36.5 Å². The molecule has 2 heteroatoms. The van der Waals surface area contributed by atoms with Crippen molar-refractivity contribution in [3.8, 4) is 0 Å². The number of hydrogen-bond acceptors (Lipinski definition) is 2. The van der Waals surface area contributed by atoms with Gasteiger partial charge in [-0.25, -0.2) is 0 Å². The number of aliphatic hydroxyl groups is 1. The largest absolute Gasteiger partial charge is 0.394 e. The molecule has 15 heavy (non-hydrogen) atoms. The maximum absolute atomic E-state index is 9.32. The van der Waals surface area contributed by atoms with Crippen LogP contribution in [0.5, 0.6) is 0 Å². The average Bonchev–Trinajstić information content (AvgIpc) is 3.05. The van der Waals surface area contributed by atoms with Crippen LogP contribution in [0.25, 0.3) is 0 Å². The molecule has 0 radical (unpaired) electrons. The molecule has 2 N–H and O–H groups in total. The van der Waals surface area contributed by atoms with Gasteiger partial charge in [-0.3, -0.25) is 0 Å². The van der Waals surface area contributed by atoms with E-state index < -0.39 is 0 Å². The second kappa shape index (κ2) is 4.77. The summed E-state index contributed by atoms with van der Waals surface area (Å²) < 4.78 is 0. The number of aryl methyl sites for hydroxylation is 1. The third-order valence-corrected chi connectivity index (χ3v) is 3.01. The summed E-state index contributed by atoms with van der Waals surface area (Å²) in [6.45, 7) is 3.30. The Morgan fingerprint density at radius 3 is 2.53 bits per heavy atom. The van der Waals surface area contributed by atoms with E-state index >= 15 is 0 Å². The molecule has 0 spiro atoms. The molecule has 0 aromatic heterocycles. The highest BCUT2D eigenvalue weighted by Crippen LogP contribution is 2.28. The van der Waals surface area contributed by atoms with Crippen LogP contribution in [0.1, 0.15) is 30.0 Å². The molecular formula is C13H19NO. The van der Waals surface area contributed by atoms with E-state index in [1.165, 1.54) is 24.0 Å². The number of aliphatic hydroxyl groups excluding tert-OH is 1. The molecule has 1 saturated carbocycles. The Labute approximate surface area is 91.3 Å². The van der Waals surface area contributed by atoms with Crippen molar-refractivity contribution in [2.24, 2.45) is 5.92 Å². The van der Waals surface area contributed by atoms with Gasteiger partial charge in [0.15, 0.2) is 0 Å². The minimum atomic E-state index is 0.103. The van der Waals surface area contributed by atoms with Gasteiger partial charge in [-0.15, -0.1) is 0 Å². The van der Waals surface area contributed by atoms with Gasteiger partial charge in [0.1, 0.15) is 0 Å². The van der Waals surface area contributed by atoms with E-state index in [4.69, 9.17) is 0 Å². The first-order valence-electron chi connectivity index (χ1n) is 5.70. The monoisotopic (exact) mass is 205 g/mol. The molecule has 1 aliphatic carbocycles. The fraction of sp³-hybridized carbons (Fsp3) is 0.538. The summed E-state index contributed by atoms with van der Waals surface area (Å²) in [5.41, 5.74) is 2.45. The van der Waals surface area contributed by atoms with Gasteiger partial charge >= 0.3 is 0 Å². The summed E-state index contributed by atoms with van der Waals surface area (Å²) in [4.78, 5) is 0. The van der Waals surface area contributed by atoms with Crippen molar-refractivity contribution in [2.75, 3.05) is 13.2 Å². The summed E-state index contributed by atoms with van der Waals surface area (Å²) in [7, 11) is 0. The quantitative estimate of drug-likeness (QED) is 0.771. The summed E-state index contributed by atoms with van der Waals surface area (Å²) >= 11 is 0. The van der Waals surface area contributed by atoms with Crippen LogP contribution < -0.4 is 5.32 Å². The lowest BCUT2D eigenvalue weighted by Crippen LogP contribution is -2.26. The Kier molecular flexibility index (Phi) is 3.39. The molecule has 2 nitrogen and oxygen atoms in total. The predicted molar refractivity (Wildman–Crippen MR) is 61.7 cm³/mol. The highest BCUT2D eigenvalue weighted by Gasteiger charge is 2.22. The summed E-state index contributed by atoms with van der Waals surface area (Å²) in [6, 6.07) is 8.48. The molecule has 1 unspecified atom stereocenters. The summed E-state index contributed by atoms with van der Waals surface area (Å²) in [5, 5.41) is 12.7. The lowest BCUT2D eigenvalue weighted by atomic mass is 10.1. The Balaban J connectivity index is 1.94. The molecule has 0 saturated heterocycles. The van der Waals surface area contributed by atoms with Crippen LogP contribution in [0, 0.1) is 12.8 Å². The van der Waals surface area contributed by atoms with Gasteiger partial charge in [0, 0.05) is 0 Å². The Hall–Kier alpha value is -0.860. The van der Waals surface area contributed by atoms with Crippen molar-refractivity contribution in [1.82, 2.24) is 5.32 Å². The first-order valence-corrected chi connectivity index (χ1v) is 5.70. The highest BCUT2D eigenvalue weighted by atomic mass is 16.3. The lowest BCUT2D eigenvalue weighted by Gasteiger charge is -2.16. The molecule has 82 valence electrons. The van der Waals surface area contributed by atoms with E-state index in [0.717, 1.165) is 12.5 Å². The molecule has 2 rings (SSSR count). The van der Waals surface area contributed by atoms with E-state index in [-0.39, 0.29) is 12.6 Å². The van der Waals surface area contributed by atoms with Crippen LogP contribution in [0.2, 0.25) is 0 Å². The van der Waals surface area contributed by atoms with Gasteiger partial charge < -0.3 is 10.4 Å². The molecular weight excluding hydrogens is 186 g/mol. The van der Waals surface area contributed by atoms with Crippen molar-refractivity contribution in [3.63, 3.8) is 0 Å². The second-order valence-electron chi connectivity index (χ2n) is 4.50. The van der Waals surface area contributed by atoms with Crippen LogP contribution in [-0.2, 0) is 0 Å². The van der Waals surface area contributed by atoms with Gasteiger partial charge in [0.25, 0.3) is 0 Å². The Bertz CT molecular complexity index is 303. The number of rotatable bonds is 5. The first kappa shape index (κ1) is 10.7. The van der Waals surface area contributed by atoms with Crippen LogP contribution in [0.4, 0.5) is 0 Å². The van der Waals surface area contributed by atoms with Gasteiger partial charge in [-0.1, -0.05) is 29.8 Å². The normalized spacial score (nSPS) is 17.7. The number of nitrogens with one attached hydrogen (secondary N) is 1. The topological polar surface area (TPSA) is 32.3 Å². The maximum Gasteiger partial charge on any atom is 0.0626 e. The zero-order chi connectivity index (χ0) is 10.7. The number of benzene rings is 1. The second-order valence-corrected chi connectivity index (χ2v) is 4.50. The molecule has 1 aliphatic rings. The molecule has 0 aliphatic heterocycles. The lowest BCUT2D eigenvalue weighted by molar-refractivity contribution is 0.243. The summed E-state index contributed by atoms with van der Waals surface area (Å²) in [6.07, 6.45) is 2.69. The predicted octanol–water partition coefficient (Wildman–Crippen LogP) is 2.03. The molecule has 1 aromatic rings. The standard InChI is InChI=1S/C13H19NO/c1-10-2-6-12(7-3-10)13(9-15)14-8-11-4-5-11/h2-3,6-7,11,13-15H,4-5,8-9H2,1H3. The fourth-order valence-corrected chi connectivity index (χ4v) is 1.72. The molecule has 1 aromatic carbocycles. The zero-order valence-corrected chi connectivity index (χ0v) is 9.24. The molecule has 0 heterocycles. The molecule has 1 atom stereocenters. The van der Waals surface area contributed by atoms with Crippen LogP contribution in [0.15, 0.2) is 24.3 Å². The first-order chi connectivity index (χ1) is 7.29. The van der Waals surface area contributed by atoms with E-state index in [0.29, 0.717) is 0 Å². The fourth-order valence-electron chi connectivity index (χ4n) is 1.72. The van der Waals surface area contributed by atoms with Crippen molar-refractivity contribution in [1.29, 1.82) is 0 Å². The third kappa shape index (κ3) is 3.05. The Morgan fingerprint density at radius 2 is 2.00 bits per heavy atom. The minimum absolute atomic E-state index is 0.103. The average molecular weight is 205 g/mol. The van der Waals surface area contributed by atoms with Crippen molar-refractivity contribution >= 4 is 0 Å². The van der Waals surface area contributed by atoms with E-state index in [1.807, 2.05) is 0 Å². The SMILES string of the molecule is Cc1ccc(C(CO)NCC2CC2)cc1. The molecule has 0 bridgehead atoms. The highest BCUT2D eigenvalue weighted by molar-refractivity contribution is 5.24. The van der Waals surface area contributed by atoms with Gasteiger partial charge in [-0.05, 0) is 37.8 Å². The smallest absolute Gasteiger partial charge is 0.0626 e. The minimum Gasteiger partial charge on any atom is -0.394 e. The van der Waals surface area contributed by atoms with E-state index in [9.17, 15) is 5.11 Å². The molecule has 1 fully saturated rings. The van der Waals surface area contributed by atoms with Gasteiger partial charge in [0.05, 0.1) is 12.6 Å². The van der Waals surface area contributed by atoms with Gasteiger partial charge in [-0.2, -0.15) is 0 Å². The van der Waals surface area contributed by atoms with Crippen LogP contribution in [-0.4, -0.2) is 18.3 Å². The maximum atomic E-state index is 9.32. The van der Waals surface area contributed by atoms with E-state index in [1.54, 1.807) is 0 Å². The van der Waals surface area contributed by atoms with Crippen molar-refractivity contribution in [3.05, 3.63) is 35.4 Å². The third-order valence-electron chi connectivity index (χ3n) is 3.01. The van der Waals surface area contributed by atoms with Crippen molar-refractivity contribution in [2.45, 2.75) is 25.8 Å². The zero-order valence-electron chi connectivity index (χ0n) is 9.24. The van der Waals surface area contributed by atoms with Crippen molar-refractivity contribution < 1.29 is 5.11 Å². The number of hydrogen-bond donors (Lipinski definition) is 2. The summed E-state index contributed by atoms with van der Waals surface area (Å²) in [5.74, 6) is 0.851. The Morgan fingerprint density at radius 1 is 1.33 bits per heavy atom. The van der Waals surface area contributed by atoms with Gasteiger partial charge in [0.2, 0.25) is 0 Å².